The number of rotatable bonds is 5. The second-order valence-corrected chi connectivity index (χ2v) is 10.0. The number of benzene rings is 1. The average Bonchev–Trinajstić information content (AvgIpc) is 2.69. The highest BCUT2D eigenvalue weighted by molar-refractivity contribution is 7.89. The smallest absolute Gasteiger partial charge is 0.309 e. The van der Waals surface area contributed by atoms with Crippen LogP contribution in [-0.4, -0.2) is 37.9 Å². The van der Waals surface area contributed by atoms with E-state index in [2.05, 4.69) is 13.8 Å². The Morgan fingerprint density at radius 1 is 1.00 bits per heavy atom. The van der Waals surface area contributed by atoms with Crippen molar-refractivity contribution in [3.63, 3.8) is 0 Å². The second-order valence-electron chi connectivity index (χ2n) is 8.10. The molecule has 0 radical (unpaired) electrons. The highest BCUT2D eigenvalue weighted by atomic mass is 32.2. The number of esters is 1. The Bertz CT molecular complexity index is 728. The van der Waals surface area contributed by atoms with E-state index in [-0.39, 0.29) is 18.0 Å². The Morgan fingerprint density at radius 2 is 1.59 bits per heavy atom. The summed E-state index contributed by atoms with van der Waals surface area (Å²) < 4.78 is 32.9. The molecule has 6 heteroatoms. The zero-order chi connectivity index (χ0) is 19.4. The minimum atomic E-state index is -3.50. The lowest BCUT2D eigenvalue weighted by Gasteiger charge is -2.31. The van der Waals surface area contributed by atoms with Crippen LogP contribution in [0.2, 0.25) is 0 Å². The van der Waals surface area contributed by atoms with Crippen LogP contribution in [0.15, 0.2) is 29.2 Å². The van der Waals surface area contributed by atoms with Crippen LogP contribution >= 0.6 is 0 Å². The van der Waals surface area contributed by atoms with Crippen LogP contribution in [0.1, 0.15) is 70.3 Å². The molecule has 1 aromatic rings. The molecule has 2 fully saturated rings. The molecule has 0 atom stereocenters. The molecular weight excluding hydrogens is 362 g/mol. The third-order valence-corrected chi connectivity index (χ3v) is 7.72. The molecule has 1 heterocycles. The summed E-state index contributed by atoms with van der Waals surface area (Å²) in [4.78, 5) is 12.7. The average molecular weight is 394 g/mol. The van der Waals surface area contributed by atoms with Crippen molar-refractivity contribution < 1.29 is 17.9 Å². The monoisotopic (exact) mass is 393 g/mol. The van der Waals surface area contributed by atoms with Gasteiger partial charge in [-0.1, -0.05) is 32.4 Å². The minimum absolute atomic E-state index is 0.0625. The maximum absolute atomic E-state index is 12.9. The Labute approximate surface area is 163 Å². The fourth-order valence-corrected chi connectivity index (χ4v) is 5.42. The maximum Gasteiger partial charge on any atom is 0.309 e. The van der Waals surface area contributed by atoms with E-state index in [1.807, 2.05) is 12.1 Å². The molecule has 27 heavy (non-hydrogen) atoms. The third kappa shape index (κ3) is 4.91. The first-order valence-electron chi connectivity index (χ1n) is 10.2. The van der Waals surface area contributed by atoms with Crippen molar-refractivity contribution in [2.24, 2.45) is 5.92 Å². The Morgan fingerprint density at radius 3 is 2.15 bits per heavy atom. The summed E-state index contributed by atoms with van der Waals surface area (Å²) in [5.74, 6) is 0.0506. The predicted octanol–water partition coefficient (Wildman–Crippen LogP) is 4.09. The lowest BCUT2D eigenvalue weighted by Crippen LogP contribution is -2.41. The molecule has 0 unspecified atom stereocenters. The van der Waals surface area contributed by atoms with E-state index < -0.39 is 10.0 Å². The van der Waals surface area contributed by atoms with Crippen LogP contribution in [0.4, 0.5) is 0 Å². The molecule has 1 saturated heterocycles. The van der Waals surface area contributed by atoms with Gasteiger partial charge in [0, 0.05) is 13.1 Å². The van der Waals surface area contributed by atoms with Crippen molar-refractivity contribution in [2.75, 3.05) is 13.1 Å². The summed E-state index contributed by atoms with van der Waals surface area (Å²) in [6.45, 7) is 4.92. The van der Waals surface area contributed by atoms with Crippen molar-refractivity contribution in [1.29, 1.82) is 0 Å². The van der Waals surface area contributed by atoms with E-state index in [1.165, 1.54) is 10.7 Å². The van der Waals surface area contributed by atoms with E-state index in [0.29, 0.717) is 36.7 Å². The van der Waals surface area contributed by atoms with Crippen molar-refractivity contribution >= 4 is 16.0 Å². The quantitative estimate of drug-likeness (QED) is 0.707. The number of hydrogen-bond acceptors (Lipinski definition) is 4. The lowest BCUT2D eigenvalue weighted by molar-refractivity contribution is -0.156. The standard InChI is InChI=1S/C21H31NO4S/c1-16(2)17-8-10-20(11-9-17)27(24,25)22-14-12-18(13-15-22)21(23)26-19-6-4-3-5-7-19/h8-11,16,18-19H,3-7,12-15H2,1-2H3. The largest absolute Gasteiger partial charge is 0.462 e. The predicted molar refractivity (Wildman–Crippen MR) is 105 cm³/mol. The molecule has 1 aliphatic carbocycles. The topological polar surface area (TPSA) is 63.7 Å². The molecule has 0 bridgehead atoms. The summed E-state index contributed by atoms with van der Waals surface area (Å²) in [5.41, 5.74) is 1.12. The van der Waals surface area contributed by atoms with Gasteiger partial charge in [0.1, 0.15) is 6.10 Å². The van der Waals surface area contributed by atoms with Gasteiger partial charge in [-0.05, 0) is 62.1 Å². The van der Waals surface area contributed by atoms with E-state index in [9.17, 15) is 13.2 Å². The minimum Gasteiger partial charge on any atom is -0.462 e. The van der Waals surface area contributed by atoms with Crippen LogP contribution in [0.3, 0.4) is 0 Å². The van der Waals surface area contributed by atoms with Gasteiger partial charge in [-0.2, -0.15) is 4.31 Å². The molecule has 1 aromatic carbocycles. The number of nitrogens with zero attached hydrogens (tertiary/aromatic N) is 1. The van der Waals surface area contributed by atoms with Crippen LogP contribution in [-0.2, 0) is 19.6 Å². The third-order valence-electron chi connectivity index (χ3n) is 5.81. The lowest BCUT2D eigenvalue weighted by atomic mass is 9.96. The molecule has 150 valence electrons. The van der Waals surface area contributed by atoms with Gasteiger partial charge in [0.25, 0.3) is 0 Å². The first-order valence-corrected chi connectivity index (χ1v) is 11.6. The number of sulfonamides is 1. The number of piperidine rings is 1. The van der Waals surface area contributed by atoms with Gasteiger partial charge >= 0.3 is 5.97 Å². The van der Waals surface area contributed by atoms with Gasteiger partial charge in [0.05, 0.1) is 10.8 Å². The van der Waals surface area contributed by atoms with Crippen molar-refractivity contribution in [3.8, 4) is 0 Å². The van der Waals surface area contributed by atoms with Gasteiger partial charge < -0.3 is 4.74 Å². The molecular formula is C21H31NO4S. The van der Waals surface area contributed by atoms with E-state index in [1.54, 1.807) is 12.1 Å². The SMILES string of the molecule is CC(C)c1ccc(S(=O)(=O)N2CCC(C(=O)OC3CCCCC3)CC2)cc1. The summed E-state index contributed by atoms with van der Waals surface area (Å²) in [5, 5.41) is 0. The first-order chi connectivity index (χ1) is 12.9. The highest BCUT2D eigenvalue weighted by Gasteiger charge is 2.33. The Kier molecular flexibility index (Phi) is 6.58. The molecule has 3 rings (SSSR count). The highest BCUT2D eigenvalue weighted by Crippen LogP contribution is 2.27. The number of ether oxygens (including phenoxy) is 1. The maximum atomic E-state index is 12.9. The Balaban J connectivity index is 1.56. The molecule has 1 saturated carbocycles. The van der Waals surface area contributed by atoms with Crippen LogP contribution in [0.25, 0.3) is 0 Å². The van der Waals surface area contributed by atoms with Gasteiger partial charge in [-0.25, -0.2) is 8.42 Å². The van der Waals surface area contributed by atoms with Gasteiger partial charge in [0.2, 0.25) is 10.0 Å². The zero-order valence-corrected chi connectivity index (χ0v) is 17.2. The van der Waals surface area contributed by atoms with E-state index in [0.717, 1.165) is 31.2 Å². The molecule has 0 spiro atoms. The van der Waals surface area contributed by atoms with Gasteiger partial charge in [-0.15, -0.1) is 0 Å². The van der Waals surface area contributed by atoms with Crippen LogP contribution in [0, 0.1) is 5.92 Å². The number of carbonyl (C=O) groups is 1. The molecule has 0 aromatic heterocycles. The molecule has 5 nitrogen and oxygen atoms in total. The number of hydrogen-bond donors (Lipinski definition) is 0. The van der Waals surface area contributed by atoms with Crippen LogP contribution in [0.5, 0.6) is 0 Å². The Hall–Kier alpha value is -1.40. The summed E-state index contributed by atoms with van der Waals surface area (Å²) in [6, 6.07) is 7.14. The first kappa shape index (κ1) is 20.3. The van der Waals surface area contributed by atoms with Crippen molar-refractivity contribution in [2.45, 2.75) is 75.7 Å². The molecule has 0 N–H and O–H groups in total. The zero-order valence-electron chi connectivity index (χ0n) is 16.4. The van der Waals surface area contributed by atoms with Gasteiger partial charge in [0.15, 0.2) is 0 Å². The number of carbonyl (C=O) groups excluding carboxylic acids is 1. The van der Waals surface area contributed by atoms with Crippen molar-refractivity contribution in [3.05, 3.63) is 29.8 Å². The van der Waals surface area contributed by atoms with Crippen LogP contribution < -0.4 is 0 Å². The molecule has 1 aliphatic heterocycles. The summed E-state index contributed by atoms with van der Waals surface area (Å²) in [6.07, 6.45) is 6.55. The molecule has 2 aliphatic rings. The van der Waals surface area contributed by atoms with Crippen molar-refractivity contribution in [1.82, 2.24) is 4.31 Å². The fourth-order valence-electron chi connectivity index (χ4n) is 3.95. The molecule has 0 amide bonds. The van der Waals surface area contributed by atoms with Gasteiger partial charge in [-0.3, -0.25) is 4.79 Å². The summed E-state index contributed by atoms with van der Waals surface area (Å²) >= 11 is 0. The van der Waals surface area contributed by atoms with E-state index >= 15 is 0 Å². The fraction of sp³-hybridized carbons (Fsp3) is 0.667. The summed E-state index contributed by atoms with van der Waals surface area (Å²) in [7, 11) is -3.50. The second kappa shape index (κ2) is 8.74. The van der Waals surface area contributed by atoms with E-state index in [4.69, 9.17) is 4.74 Å². The normalized spacial score (nSPS) is 20.7.